The van der Waals surface area contributed by atoms with E-state index in [9.17, 15) is 14.3 Å². The second-order valence-corrected chi connectivity index (χ2v) is 6.93. The molecule has 150 valence electrons. The van der Waals surface area contributed by atoms with Crippen molar-refractivity contribution in [3.63, 3.8) is 0 Å². The van der Waals surface area contributed by atoms with Crippen molar-refractivity contribution in [3.8, 4) is 22.8 Å². The van der Waals surface area contributed by atoms with E-state index in [1.54, 1.807) is 35.2 Å². The Balaban J connectivity index is 1.87. The van der Waals surface area contributed by atoms with Gasteiger partial charge in [-0.15, -0.1) is 0 Å². The first kappa shape index (κ1) is 19.0. The fourth-order valence-electron chi connectivity index (χ4n) is 3.81. The van der Waals surface area contributed by atoms with E-state index in [0.717, 1.165) is 23.1 Å². The van der Waals surface area contributed by atoms with E-state index in [1.165, 1.54) is 12.1 Å². The van der Waals surface area contributed by atoms with E-state index in [4.69, 9.17) is 4.74 Å². The summed E-state index contributed by atoms with van der Waals surface area (Å²) in [5.41, 5.74) is 3.35. The quantitative estimate of drug-likeness (QED) is 0.653. The van der Waals surface area contributed by atoms with Gasteiger partial charge in [0.15, 0.2) is 11.5 Å². The second kappa shape index (κ2) is 7.58. The summed E-state index contributed by atoms with van der Waals surface area (Å²) in [5.74, 6) is -0.0397. The van der Waals surface area contributed by atoms with Crippen LogP contribution >= 0.6 is 0 Å². The fourth-order valence-corrected chi connectivity index (χ4v) is 3.81. The van der Waals surface area contributed by atoms with Gasteiger partial charge >= 0.3 is 0 Å². The normalized spacial score (nSPS) is 15.6. The fraction of sp³-hybridized carbons (Fsp3) is 0.273. The molecule has 0 radical (unpaired) electrons. The molecule has 1 amide bonds. The number of hydrogen-bond donors (Lipinski definition) is 2. The number of aromatic hydroxyl groups is 1. The van der Waals surface area contributed by atoms with E-state index in [2.05, 4.69) is 10.2 Å². The van der Waals surface area contributed by atoms with Crippen molar-refractivity contribution in [2.24, 2.45) is 0 Å². The first-order valence-corrected chi connectivity index (χ1v) is 9.66. The molecule has 6 nitrogen and oxygen atoms in total. The van der Waals surface area contributed by atoms with Crippen molar-refractivity contribution >= 4 is 5.91 Å². The summed E-state index contributed by atoms with van der Waals surface area (Å²) in [5, 5.41) is 17.3. The molecule has 29 heavy (non-hydrogen) atoms. The van der Waals surface area contributed by atoms with Crippen LogP contribution in [0.4, 0.5) is 4.39 Å². The Morgan fingerprint density at radius 3 is 2.66 bits per heavy atom. The molecule has 1 atom stereocenters. The average Bonchev–Trinajstić information content (AvgIpc) is 3.25. The van der Waals surface area contributed by atoms with Crippen LogP contribution < -0.4 is 4.74 Å². The lowest BCUT2D eigenvalue weighted by atomic mass is 9.95. The van der Waals surface area contributed by atoms with Crippen LogP contribution in [0.5, 0.6) is 11.5 Å². The Labute approximate surface area is 167 Å². The first-order valence-electron chi connectivity index (χ1n) is 9.66. The van der Waals surface area contributed by atoms with Crippen molar-refractivity contribution in [1.29, 1.82) is 0 Å². The number of rotatable bonds is 6. The van der Waals surface area contributed by atoms with Crippen LogP contribution in [0.25, 0.3) is 11.3 Å². The summed E-state index contributed by atoms with van der Waals surface area (Å²) in [4.78, 5) is 14.9. The van der Waals surface area contributed by atoms with Gasteiger partial charge in [-0.2, -0.15) is 5.10 Å². The van der Waals surface area contributed by atoms with E-state index in [1.807, 2.05) is 13.8 Å². The van der Waals surface area contributed by atoms with Gasteiger partial charge in [0.05, 0.1) is 18.3 Å². The molecule has 2 heterocycles. The maximum atomic E-state index is 13.4. The molecule has 2 N–H and O–H groups in total. The molecule has 0 bridgehead atoms. The van der Waals surface area contributed by atoms with Gasteiger partial charge in [-0.3, -0.25) is 9.89 Å². The molecule has 0 fully saturated rings. The minimum absolute atomic E-state index is 0.0492. The van der Waals surface area contributed by atoms with Crippen molar-refractivity contribution in [2.75, 3.05) is 13.2 Å². The number of aromatic nitrogens is 2. The molecular weight excluding hydrogens is 373 g/mol. The minimum Gasteiger partial charge on any atom is -0.504 e. The molecule has 1 aliphatic rings. The first-order chi connectivity index (χ1) is 14.0. The lowest BCUT2D eigenvalue weighted by Gasteiger charge is -2.26. The molecule has 1 aromatic heterocycles. The number of benzene rings is 2. The van der Waals surface area contributed by atoms with Gasteiger partial charge < -0.3 is 14.7 Å². The number of amides is 1. The lowest BCUT2D eigenvalue weighted by molar-refractivity contribution is 0.0743. The Bertz CT molecular complexity index is 1050. The Morgan fingerprint density at radius 2 is 1.97 bits per heavy atom. The molecule has 0 unspecified atom stereocenters. The summed E-state index contributed by atoms with van der Waals surface area (Å²) in [6.45, 7) is 4.84. The van der Waals surface area contributed by atoms with Crippen molar-refractivity contribution < 1.29 is 19.0 Å². The van der Waals surface area contributed by atoms with Crippen molar-refractivity contribution in [1.82, 2.24) is 15.1 Å². The van der Waals surface area contributed by atoms with Crippen LogP contribution in [0.3, 0.4) is 0 Å². The molecule has 0 aliphatic carbocycles. The van der Waals surface area contributed by atoms with E-state index >= 15 is 0 Å². The van der Waals surface area contributed by atoms with Crippen LogP contribution in [0.15, 0.2) is 42.5 Å². The third kappa shape index (κ3) is 3.22. The average molecular weight is 395 g/mol. The van der Waals surface area contributed by atoms with Gasteiger partial charge in [0.25, 0.3) is 5.91 Å². The number of nitrogens with one attached hydrogen (secondary N) is 1. The maximum Gasteiger partial charge on any atom is 0.273 e. The number of phenols is 1. The zero-order valence-corrected chi connectivity index (χ0v) is 16.3. The van der Waals surface area contributed by atoms with Gasteiger partial charge in [-0.05, 0) is 55.3 Å². The highest BCUT2D eigenvalue weighted by molar-refractivity contribution is 6.00. The summed E-state index contributed by atoms with van der Waals surface area (Å²) in [7, 11) is 0. The number of nitrogens with zero attached hydrogens (tertiary/aromatic N) is 2. The van der Waals surface area contributed by atoms with Crippen LogP contribution in [0, 0.1) is 5.82 Å². The SMILES string of the molecule is CCCN1C(=O)c2[nH]nc(-c3ccc(F)cc3)c2[C@@H]1c1ccc(O)c(OCC)c1. The highest BCUT2D eigenvalue weighted by Gasteiger charge is 2.41. The molecule has 2 aromatic carbocycles. The highest BCUT2D eigenvalue weighted by atomic mass is 19.1. The smallest absolute Gasteiger partial charge is 0.273 e. The topological polar surface area (TPSA) is 78.5 Å². The van der Waals surface area contributed by atoms with Crippen molar-refractivity contribution in [3.05, 3.63) is 65.1 Å². The number of fused-ring (bicyclic) bond motifs is 1. The van der Waals surface area contributed by atoms with Gasteiger partial charge in [0.1, 0.15) is 11.5 Å². The Kier molecular flexibility index (Phi) is 4.96. The van der Waals surface area contributed by atoms with Gasteiger partial charge in [0.2, 0.25) is 0 Å². The number of hydrogen-bond acceptors (Lipinski definition) is 4. The zero-order valence-electron chi connectivity index (χ0n) is 16.3. The third-order valence-corrected chi connectivity index (χ3v) is 5.05. The van der Waals surface area contributed by atoms with E-state index in [0.29, 0.717) is 30.3 Å². The number of halogens is 1. The Morgan fingerprint density at radius 1 is 1.21 bits per heavy atom. The lowest BCUT2D eigenvalue weighted by Crippen LogP contribution is -2.30. The van der Waals surface area contributed by atoms with Gasteiger partial charge in [-0.25, -0.2) is 4.39 Å². The number of phenolic OH excluding ortho intramolecular Hbond substituents is 1. The van der Waals surface area contributed by atoms with Gasteiger partial charge in [-0.1, -0.05) is 13.0 Å². The van der Waals surface area contributed by atoms with E-state index in [-0.39, 0.29) is 23.5 Å². The molecule has 0 spiro atoms. The minimum atomic E-state index is -0.379. The number of carbonyl (C=O) groups is 1. The molecular formula is C22H22FN3O3. The summed E-state index contributed by atoms with van der Waals surface area (Å²) < 4.78 is 18.9. The number of H-pyrrole nitrogens is 1. The predicted molar refractivity (Wildman–Crippen MR) is 106 cm³/mol. The zero-order chi connectivity index (χ0) is 20.5. The van der Waals surface area contributed by atoms with Crippen LogP contribution in [-0.2, 0) is 0 Å². The molecule has 0 saturated heterocycles. The summed E-state index contributed by atoms with van der Waals surface area (Å²) in [6.07, 6.45) is 0.794. The summed E-state index contributed by atoms with van der Waals surface area (Å²) in [6, 6.07) is 10.8. The second-order valence-electron chi connectivity index (χ2n) is 6.93. The molecule has 7 heteroatoms. The Hall–Kier alpha value is -3.35. The number of aromatic amines is 1. The molecule has 3 aromatic rings. The van der Waals surface area contributed by atoms with Crippen LogP contribution in [-0.4, -0.2) is 39.3 Å². The summed E-state index contributed by atoms with van der Waals surface area (Å²) >= 11 is 0. The van der Waals surface area contributed by atoms with Crippen LogP contribution in [0.2, 0.25) is 0 Å². The predicted octanol–water partition coefficient (Wildman–Crippen LogP) is 4.28. The highest BCUT2D eigenvalue weighted by Crippen LogP contribution is 2.44. The molecule has 1 aliphatic heterocycles. The van der Waals surface area contributed by atoms with Crippen molar-refractivity contribution in [2.45, 2.75) is 26.3 Å². The molecule has 4 rings (SSSR count). The maximum absolute atomic E-state index is 13.4. The third-order valence-electron chi connectivity index (χ3n) is 5.05. The van der Waals surface area contributed by atoms with Gasteiger partial charge in [0, 0.05) is 17.7 Å². The number of carbonyl (C=O) groups excluding carboxylic acids is 1. The van der Waals surface area contributed by atoms with Crippen LogP contribution in [0.1, 0.15) is 47.9 Å². The largest absolute Gasteiger partial charge is 0.504 e. The number of ether oxygens (including phenoxy) is 1. The molecule has 0 saturated carbocycles. The standard InChI is InChI=1S/C22H22FN3O3/c1-3-11-26-21(14-7-10-16(27)17(12-14)29-4-2)18-19(24-25-20(18)22(26)28)13-5-8-15(23)9-6-13/h5-10,12,21,27H,3-4,11H2,1-2H3,(H,24,25)/t21-/m0/s1. The van der Waals surface area contributed by atoms with E-state index < -0.39 is 0 Å². The monoisotopic (exact) mass is 395 g/mol.